The van der Waals surface area contributed by atoms with Crippen molar-refractivity contribution in [2.24, 2.45) is 0 Å². The monoisotopic (exact) mass is 282 g/mol. The van der Waals surface area contributed by atoms with Gasteiger partial charge in [0.15, 0.2) is 0 Å². The van der Waals surface area contributed by atoms with Crippen LogP contribution in [0.4, 0.5) is 11.4 Å². The van der Waals surface area contributed by atoms with E-state index in [1.807, 2.05) is 19.1 Å². The highest BCUT2D eigenvalue weighted by Gasteiger charge is 2.11. The van der Waals surface area contributed by atoms with Gasteiger partial charge in [-0.3, -0.25) is 4.79 Å². The summed E-state index contributed by atoms with van der Waals surface area (Å²) >= 11 is 0. The zero-order valence-corrected chi connectivity index (χ0v) is 11.9. The average molecular weight is 282 g/mol. The molecule has 0 saturated heterocycles. The molecule has 0 aliphatic rings. The maximum absolute atomic E-state index is 12.3. The van der Waals surface area contributed by atoms with Crippen molar-refractivity contribution in [3.63, 3.8) is 0 Å². The molecule has 3 N–H and O–H groups in total. The minimum absolute atomic E-state index is 0.194. The highest BCUT2D eigenvalue weighted by molar-refractivity contribution is 6.06. The van der Waals surface area contributed by atoms with Crippen LogP contribution in [0.15, 0.2) is 55.1 Å². The summed E-state index contributed by atoms with van der Waals surface area (Å²) in [6, 6.07) is 12.5. The standard InChI is InChI=1S/C17H18N2O2/c1-3-10-21-14-7-4-6-13(11-14)19-17(20)15-8-5-9-16(18)12(15)2/h3-9,11H,1,10,18H2,2H3,(H,19,20). The smallest absolute Gasteiger partial charge is 0.256 e. The number of nitrogens with two attached hydrogens (primary N) is 1. The molecule has 21 heavy (non-hydrogen) atoms. The van der Waals surface area contributed by atoms with Gasteiger partial charge in [-0.1, -0.05) is 24.8 Å². The maximum atomic E-state index is 12.3. The van der Waals surface area contributed by atoms with Gasteiger partial charge in [-0.05, 0) is 36.8 Å². The first-order chi connectivity index (χ1) is 10.1. The predicted octanol–water partition coefficient (Wildman–Crippen LogP) is 3.39. The lowest BCUT2D eigenvalue weighted by Gasteiger charge is -2.10. The van der Waals surface area contributed by atoms with E-state index in [0.29, 0.717) is 29.3 Å². The second kappa shape index (κ2) is 6.61. The molecule has 0 aliphatic heterocycles. The molecule has 0 spiro atoms. The van der Waals surface area contributed by atoms with Gasteiger partial charge in [-0.2, -0.15) is 0 Å². The van der Waals surface area contributed by atoms with Gasteiger partial charge in [0.2, 0.25) is 0 Å². The molecule has 0 aliphatic carbocycles. The minimum atomic E-state index is -0.194. The van der Waals surface area contributed by atoms with E-state index in [0.717, 1.165) is 5.56 Å². The molecule has 0 heterocycles. The Hall–Kier alpha value is -2.75. The van der Waals surface area contributed by atoms with Crippen molar-refractivity contribution in [2.75, 3.05) is 17.7 Å². The van der Waals surface area contributed by atoms with Gasteiger partial charge in [0, 0.05) is 23.0 Å². The van der Waals surface area contributed by atoms with E-state index >= 15 is 0 Å². The van der Waals surface area contributed by atoms with Gasteiger partial charge in [-0.25, -0.2) is 0 Å². The van der Waals surface area contributed by atoms with Crippen molar-refractivity contribution in [3.05, 3.63) is 66.2 Å². The molecule has 0 saturated carbocycles. The first kappa shape index (κ1) is 14.7. The number of nitrogens with one attached hydrogen (secondary N) is 1. The van der Waals surface area contributed by atoms with Crippen molar-refractivity contribution in [2.45, 2.75) is 6.92 Å². The molecule has 0 fully saturated rings. The molecular formula is C17H18N2O2. The number of amides is 1. The fourth-order valence-electron chi connectivity index (χ4n) is 1.92. The Kier molecular flexibility index (Phi) is 4.61. The van der Waals surface area contributed by atoms with E-state index in [4.69, 9.17) is 10.5 Å². The zero-order chi connectivity index (χ0) is 15.2. The number of hydrogen-bond acceptors (Lipinski definition) is 3. The van der Waals surface area contributed by atoms with Crippen LogP contribution in [-0.4, -0.2) is 12.5 Å². The van der Waals surface area contributed by atoms with Gasteiger partial charge in [-0.15, -0.1) is 0 Å². The Morgan fingerprint density at radius 3 is 2.86 bits per heavy atom. The summed E-state index contributed by atoms with van der Waals surface area (Å²) in [6.45, 7) is 5.85. The number of nitrogen functional groups attached to an aromatic ring is 1. The normalized spacial score (nSPS) is 9.95. The molecule has 2 aromatic carbocycles. The van der Waals surface area contributed by atoms with Crippen molar-refractivity contribution in [1.29, 1.82) is 0 Å². The van der Waals surface area contributed by atoms with Gasteiger partial charge >= 0.3 is 0 Å². The summed E-state index contributed by atoms with van der Waals surface area (Å²) in [5.41, 5.74) is 8.43. The van der Waals surface area contributed by atoms with Gasteiger partial charge in [0.05, 0.1) is 0 Å². The average Bonchev–Trinajstić information content (AvgIpc) is 2.48. The van der Waals surface area contributed by atoms with E-state index in [2.05, 4.69) is 11.9 Å². The SMILES string of the molecule is C=CCOc1cccc(NC(=O)c2cccc(N)c2C)c1. The quantitative estimate of drug-likeness (QED) is 0.652. The van der Waals surface area contributed by atoms with Crippen LogP contribution in [0.3, 0.4) is 0 Å². The molecule has 0 aromatic heterocycles. The second-order valence-electron chi connectivity index (χ2n) is 4.60. The lowest BCUT2D eigenvalue weighted by molar-refractivity contribution is 0.102. The van der Waals surface area contributed by atoms with Crippen molar-refractivity contribution < 1.29 is 9.53 Å². The van der Waals surface area contributed by atoms with E-state index in [9.17, 15) is 4.79 Å². The number of benzene rings is 2. The van der Waals surface area contributed by atoms with Crippen LogP contribution in [0, 0.1) is 6.92 Å². The number of ether oxygens (including phenoxy) is 1. The van der Waals surface area contributed by atoms with Gasteiger partial charge < -0.3 is 15.8 Å². The van der Waals surface area contributed by atoms with Crippen LogP contribution in [0.2, 0.25) is 0 Å². The Balaban J connectivity index is 2.16. The molecule has 2 aromatic rings. The molecule has 1 amide bonds. The van der Waals surface area contributed by atoms with Crippen molar-refractivity contribution in [1.82, 2.24) is 0 Å². The fraction of sp³-hybridized carbons (Fsp3) is 0.118. The molecule has 0 atom stereocenters. The highest BCUT2D eigenvalue weighted by Crippen LogP contribution is 2.20. The number of carbonyl (C=O) groups is 1. The Morgan fingerprint density at radius 1 is 1.33 bits per heavy atom. The number of rotatable bonds is 5. The third-order valence-electron chi connectivity index (χ3n) is 3.08. The van der Waals surface area contributed by atoms with E-state index < -0.39 is 0 Å². The Morgan fingerprint density at radius 2 is 2.10 bits per heavy atom. The van der Waals surface area contributed by atoms with Crippen molar-refractivity contribution >= 4 is 17.3 Å². The molecule has 108 valence electrons. The number of carbonyl (C=O) groups excluding carboxylic acids is 1. The largest absolute Gasteiger partial charge is 0.489 e. The summed E-state index contributed by atoms with van der Waals surface area (Å²) in [5, 5.41) is 2.84. The molecule has 0 unspecified atom stereocenters. The van der Waals surface area contributed by atoms with Gasteiger partial charge in [0.25, 0.3) is 5.91 Å². The molecular weight excluding hydrogens is 264 g/mol. The summed E-state index contributed by atoms with van der Waals surface area (Å²) in [5.74, 6) is 0.484. The summed E-state index contributed by atoms with van der Waals surface area (Å²) < 4.78 is 5.44. The molecule has 0 bridgehead atoms. The lowest BCUT2D eigenvalue weighted by atomic mass is 10.1. The topological polar surface area (TPSA) is 64.3 Å². The van der Waals surface area contributed by atoms with Crippen LogP contribution in [0.5, 0.6) is 5.75 Å². The number of anilines is 2. The molecule has 0 radical (unpaired) electrons. The maximum Gasteiger partial charge on any atom is 0.256 e. The summed E-state index contributed by atoms with van der Waals surface area (Å²) in [6.07, 6.45) is 1.67. The highest BCUT2D eigenvalue weighted by atomic mass is 16.5. The second-order valence-corrected chi connectivity index (χ2v) is 4.60. The first-order valence-electron chi connectivity index (χ1n) is 6.62. The third kappa shape index (κ3) is 3.63. The minimum Gasteiger partial charge on any atom is -0.489 e. The molecule has 2 rings (SSSR count). The summed E-state index contributed by atoms with van der Waals surface area (Å²) in [7, 11) is 0. The van der Waals surface area contributed by atoms with E-state index in [1.54, 1.807) is 36.4 Å². The molecule has 4 nitrogen and oxygen atoms in total. The number of hydrogen-bond donors (Lipinski definition) is 2. The van der Waals surface area contributed by atoms with E-state index in [-0.39, 0.29) is 5.91 Å². The van der Waals surface area contributed by atoms with Crippen LogP contribution < -0.4 is 15.8 Å². The third-order valence-corrected chi connectivity index (χ3v) is 3.08. The first-order valence-corrected chi connectivity index (χ1v) is 6.62. The van der Waals surface area contributed by atoms with Gasteiger partial charge in [0.1, 0.15) is 12.4 Å². The Labute approximate surface area is 124 Å². The zero-order valence-electron chi connectivity index (χ0n) is 11.9. The van der Waals surface area contributed by atoms with Crippen molar-refractivity contribution in [3.8, 4) is 5.75 Å². The van der Waals surface area contributed by atoms with Crippen LogP contribution in [-0.2, 0) is 0 Å². The van der Waals surface area contributed by atoms with Crippen LogP contribution in [0.1, 0.15) is 15.9 Å². The van der Waals surface area contributed by atoms with E-state index in [1.165, 1.54) is 0 Å². The van der Waals surface area contributed by atoms with Crippen LogP contribution >= 0.6 is 0 Å². The molecule has 4 heteroatoms. The predicted molar refractivity (Wildman–Crippen MR) is 85.7 cm³/mol. The Bertz CT molecular complexity index is 666. The fourth-order valence-corrected chi connectivity index (χ4v) is 1.92. The lowest BCUT2D eigenvalue weighted by Crippen LogP contribution is -2.14. The summed E-state index contributed by atoms with van der Waals surface area (Å²) in [4.78, 5) is 12.3. The van der Waals surface area contributed by atoms with Crippen LogP contribution in [0.25, 0.3) is 0 Å².